The Kier molecular flexibility index (Phi) is 5.08. The number of piperazine rings is 1. The van der Waals surface area contributed by atoms with Gasteiger partial charge in [0.2, 0.25) is 11.8 Å². The van der Waals surface area contributed by atoms with Crippen molar-refractivity contribution >= 4 is 17.8 Å². The number of rotatable bonds is 4. The van der Waals surface area contributed by atoms with Gasteiger partial charge in [-0.05, 0) is 6.42 Å². The predicted octanol–water partition coefficient (Wildman–Crippen LogP) is -1.13. The van der Waals surface area contributed by atoms with Crippen LogP contribution in [0, 0.1) is 0 Å². The van der Waals surface area contributed by atoms with Crippen LogP contribution in [0.3, 0.4) is 0 Å². The minimum Gasteiger partial charge on any atom is -0.481 e. The Morgan fingerprint density at radius 2 is 1.67 bits per heavy atom. The number of nitrogens with zero attached hydrogens (tertiary/aromatic N) is 2. The van der Waals surface area contributed by atoms with Gasteiger partial charge in [-0.2, -0.15) is 0 Å². The molecule has 1 atom stereocenters. The summed E-state index contributed by atoms with van der Waals surface area (Å²) in [5.74, 6) is -1.20. The van der Waals surface area contributed by atoms with Crippen molar-refractivity contribution in [3.05, 3.63) is 0 Å². The Balaban J connectivity index is 2.39. The summed E-state index contributed by atoms with van der Waals surface area (Å²) < 4.78 is 0. The second-order valence-electron chi connectivity index (χ2n) is 4.37. The molecule has 1 heterocycles. The number of nitrogens with two attached hydrogens (primary N) is 1. The first kappa shape index (κ1) is 14.4. The minimum absolute atomic E-state index is 0.00252. The molecule has 1 fully saturated rings. The van der Waals surface area contributed by atoms with Crippen molar-refractivity contribution in [2.75, 3.05) is 26.2 Å². The van der Waals surface area contributed by atoms with Crippen LogP contribution in [-0.4, -0.2) is 64.9 Å². The Bertz CT molecular complexity index is 337. The molecule has 18 heavy (non-hydrogen) atoms. The normalized spacial score (nSPS) is 17.4. The molecule has 1 aliphatic rings. The van der Waals surface area contributed by atoms with Gasteiger partial charge in [0.1, 0.15) is 0 Å². The quantitative estimate of drug-likeness (QED) is 0.663. The number of hydrogen-bond donors (Lipinski definition) is 2. The number of hydrogen-bond acceptors (Lipinski definition) is 4. The van der Waals surface area contributed by atoms with Gasteiger partial charge < -0.3 is 20.6 Å². The molecule has 0 bridgehead atoms. The van der Waals surface area contributed by atoms with E-state index in [1.807, 2.05) is 0 Å². The monoisotopic (exact) mass is 257 g/mol. The van der Waals surface area contributed by atoms with Gasteiger partial charge >= 0.3 is 5.97 Å². The lowest BCUT2D eigenvalue weighted by molar-refractivity contribution is -0.140. The average Bonchev–Trinajstić information content (AvgIpc) is 2.35. The first-order chi connectivity index (χ1) is 8.41. The fourth-order valence-corrected chi connectivity index (χ4v) is 1.88. The van der Waals surface area contributed by atoms with E-state index in [1.165, 1.54) is 6.92 Å². The fourth-order valence-electron chi connectivity index (χ4n) is 1.88. The molecule has 7 heteroatoms. The molecular weight excluding hydrogens is 238 g/mol. The van der Waals surface area contributed by atoms with Crippen LogP contribution in [0.15, 0.2) is 0 Å². The summed E-state index contributed by atoms with van der Waals surface area (Å²) in [6.07, 6.45) is 0.0292. The summed E-state index contributed by atoms with van der Waals surface area (Å²) in [6.45, 7) is 3.42. The maximum atomic E-state index is 11.9. The lowest BCUT2D eigenvalue weighted by Gasteiger charge is -2.35. The highest BCUT2D eigenvalue weighted by Crippen LogP contribution is 2.06. The highest BCUT2D eigenvalue weighted by atomic mass is 16.4. The van der Waals surface area contributed by atoms with E-state index in [4.69, 9.17) is 10.8 Å². The number of carbonyl (C=O) groups is 3. The first-order valence-corrected chi connectivity index (χ1v) is 5.93. The summed E-state index contributed by atoms with van der Waals surface area (Å²) in [6, 6.07) is -0.773. The van der Waals surface area contributed by atoms with Crippen LogP contribution in [-0.2, 0) is 14.4 Å². The maximum absolute atomic E-state index is 11.9. The van der Waals surface area contributed by atoms with Crippen LogP contribution >= 0.6 is 0 Å². The summed E-state index contributed by atoms with van der Waals surface area (Å²) in [7, 11) is 0. The van der Waals surface area contributed by atoms with Gasteiger partial charge in [0.25, 0.3) is 0 Å². The molecule has 0 radical (unpaired) electrons. The third-order valence-electron chi connectivity index (χ3n) is 3.02. The van der Waals surface area contributed by atoms with E-state index in [1.54, 1.807) is 9.80 Å². The number of carboxylic acids is 1. The molecule has 7 nitrogen and oxygen atoms in total. The zero-order valence-corrected chi connectivity index (χ0v) is 10.5. The van der Waals surface area contributed by atoms with Gasteiger partial charge in [0.15, 0.2) is 0 Å². The molecule has 3 N–H and O–H groups in total. The van der Waals surface area contributed by atoms with Crippen LogP contribution in [0.25, 0.3) is 0 Å². The van der Waals surface area contributed by atoms with Crippen LogP contribution in [0.1, 0.15) is 19.8 Å². The summed E-state index contributed by atoms with van der Waals surface area (Å²) in [5, 5.41) is 8.53. The summed E-state index contributed by atoms with van der Waals surface area (Å²) >= 11 is 0. The van der Waals surface area contributed by atoms with Crippen molar-refractivity contribution in [3.63, 3.8) is 0 Å². The van der Waals surface area contributed by atoms with Gasteiger partial charge in [0, 0.05) is 39.5 Å². The maximum Gasteiger partial charge on any atom is 0.303 e. The van der Waals surface area contributed by atoms with Crippen LogP contribution in [0.4, 0.5) is 0 Å². The Morgan fingerprint density at radius 3 is 2.11 bits per heavy atom. The van der Waals surface area contributed by atoms with E-state index in [2.05, 4.69) is 0 Å². The SMILES string of the molecule is CC(=O)N1CCN(C(=O)C(N)CCC(=O)O)CC1. The van der Waals surface area contributed by atoms with E-state index in [0.717, 1.165) is 0 Å². The second kappa shape index (κ2) is 6.34. The van der Waals surface area contributed by atoms with Crippen molar-refractivity contribution < 1.29 is 19.5 Å². The van der Waals surface area contributed by atoms with Crippen molar-refractivity contribution in [1.29, 1.82) is 0 Å². The molecule has 0 aliphatic carbocycles. The van der Waals surface area contributed by atoms with E-state index >= 15 is 0 Å². The zero-order valence-electron chi connectivity index (χ0n) is 10.5. The Labute approximate surface area is 106 Å². The number of amides is 2. The lowest BCUT2D eigenvalue weighted by Crippen LogP contribution is -2.54. The molecule has 0 saturated carbocycles. The first-order valence-electron chi connectivity index (χ1n) is 5.93. The minimum atomic E-state index is -0.959. The van der Waals surface area contributed by atoms with Gasteiger partial charge in [-0.25, -0.2) is 0 Å². The number of carboxylic acid groups (broad SMARTS) is 1. The van der Waals surface area contributed by atoms with Crippen LogP contribution in [0.5, 0.6) is 0 Å². The van der Waals surface area contributed by atoms with Gasteiger partial charge in [-0.3, -0.25) is 14.4 Å². The molecule has 0 aromatic heterocycles. The van der Waals surface area contributed by atoms with Crippen LogP contribution in [0.2, 0.25) is 0 Å². The number of carbonyl (C=O) groups excluding carboxylic acids is 2. The Morgan fingerprint density at radius 1 is 1.17 bits per heavy atom. The smallest absolute Gasteiger partial charge is 0.303 e. The standard InChI is InChI=1S/C11H19N3O4/c1-8(15)13-4-6-14(7-5-13)11(18)9(12)2-3-10(16)17/h9H,2-7,12H2,1H3,(H,16,17). The molecular formula is C11H19N3O4. The van der Waals surface area contributed by atoms with E-state index < -0.39 is 12.0 Å². The summed E-state index contributed by atoms with van der Waals surface area (Å²) in [5.41, 5.74) is 5.66. The van der Waals surface area contributed by atoms with Gasteiger partial charge in [0.05, 0.1) is 6.04 Å². The highest BCUT2D eigenvalue weighted by Gasteiger charge is 2.26. The second-order valence-corrected chi connectivity index (χ2v) is 4.37. The molecule has 2 amide bonds. The molecule has 0 aromatic carbocycles. The third-order valence-corrected chi connectivity index (χ3v) is 3.02. The molecule has 1 unspecified atom stereocenters. The molecule has 0 aromatic rings. The zero-order chi connectivity index (χ0) is 13.7. The topological polar surface area (TPSA) is 104 Å². The molecule has 1 aliphatic heterocycles. The van der Waals surface area contributed by atoms with E-state index in [0.29, 0.717) is 26.2 Å². The van der Waals surface area contributed by atoms with Gasteiger partial charge in [-0.15, -0.1) is 0 Å². The lowest BCUT2D eigenvalue weighted by atomic mass is 10.1. The highest BCUT2D eigenvalue weighted by molar-refractivity contribution is 5.82. The molecule has 102 valence electrons. The largest absolute Gasteiger partial charge is 0.481 e. The van der Waals surface area contributed by atoms with Gasteiger partial charge in [-0.1, -0.05) is 0 Å². The summed E-state index contributed by atoms with van der Waals surface area (Å²) in [4.78, 5) is 36.7. The molecule has 1 saturated heterocycles. The number of aliphatic carboxylic acids is 1. The average molecular weight is 257 g/mol. The molecule has 1 rings (SSSR count). The molecule has 0 spiro atoms. The predicted molar refractivity (Wildman–Crippen MR) is 63.7 cm³/mol. The third kappa shape index (κ3) is 3.99. The Hall–Kier alpha value is -1.63. The van der Waals surface area contributed by atoms with Crippen molar-refractivity contribution in [2.45, 2.75) is 25.8 Å². The van der Waals surface area contributed by atoms with Crippen molar-refractivity contribution in [2.24, 2.45) is 5.73 Å². The van der Waals surface area contributed by atoms with E-state index in [-0.39, 0.29) is 24.7 Å². The van der Waals surface area contributed by atoms with Crippen molar-refractivity contribution in [3.8, 4) is 0 Å². The van der Waals surface area contributed by atoms with Crippen molar-refractivity contribution in [1.82, 2.24) is 9.80 Å². The fraction of sp³-hybridized carbons (Fsp3) is 0.727. The van der Waals surface area contributed by atoms with E-state index in [9.17, 15) is 14.4 Å². The van der Waals surface area contributed by atoms with Crippen LogP contribution < -0.4 is 5.73 Å².